The van der Waals surface area contributed by atoms with Gasteiger partial charge >= 0.3 is 5.97 Å². The summed E-state index contributed by atoms with van der Waals surface area (Å²) in [5.74, 6) is -4.99. The Kier molecular flexibility index (Phi) is 4.64. The Morgan fingerprint density at radius 1 is 1.48 bits per heavy atom. The van der Waals surface area contributed by atoms with Crippen LogP contribution in [0.5, 0.6) is 0 Å². The van der Waals surface area contributed by atoms with Crippen LogP contribution in [0.15, 0.2) is 24.8 Å². The molecule has 2 rings (SSSR count). The number of nitrogens with one attached hydrogen (secondary N) is 1. The number of halogens is 3. The highest BCUT2D eigenvalue weighted by atomic mass is 19.2. The van der Waals surface area contributed by atoms with Crippen LogP contribution >= 0.6 is 0 Å². The van der Waals surface area contributed by atoms with E-state index in [1.165, 1.54) is 0 Å². The largest absolute Gasteiger partial charge is 0.480 e. The minimum absolute atomic E-state index is 0.226. The number of hydrogen-bond donors (Lipinski definition) is 2. The maximum Gasteiger partial charge on any atom is 0.322 e. The molecule has 0 amide bonds. The van der Waals surface area contributed by atoms with E-state index in [1.807, 2.05) is 0 Å². The lowest BCUT2D eigenvalue weighted by molar-refractivity contribution is -0.137. The van der Waals surface area contributed by atoms with Crippen LogP contribution in [0.4, 0.5) is 13.2 Å². The van der Waals surface area contributed by atoms with E-state index in [-0.39, 0.29) is 12.1 Å². The van der Waals surface area contributed by atoms with E-state index in [1.54, 1.807) is 11.0 Å². The Labute approximate surface area is 119 Å². The Balaban J connectivity index is 2.16. The van der Waals surface area contributed by atoms with Crippen molar-refractivity contribution in [2.45, 2.75) is 12.1 Å². The second-order valence-electron chi connectivity index (χ2n) is 4.86. The molecule has 0 radical (unpaired) electrons. The first-order chi connectivity index (χ1) is 9.93. The number of carboxylic acid groups (broad SMARTS) is 1. The number of carboxylic acids is 1. The molecule has 1 saturated heterocycles. The van der Waals surface area contributed by atoms with Gasteiger partial charge in [0.2, 0.25) is 0 Å². The van der Waals surface area contributed by atoms with Gasteiger partial charge in [0.1, 0.15) is 6.04 Å². The SMILES string of the molecule is C=CCN[C@@H](CN1CC1C(=O)O)c1cc(F)c(F)c(F)c1. The highest BCUT2D eigenvalue weighted by Gasteiger charge is 2.41. The average molecular weight is 300 g/mol. The Morgan fingerprint density at radius 3 is 2.57 bits per heavy atom. The molecular formula is C14H15F3N2O2. The van der Waals surface area contributed by atoms with Crippen molar-refractivity contribution in [2.75, 3.05) is 19.6 Å². The molecule has 2 unspecified atom stereocenters. The van der Waals surface area contributed by atoms with E-state index in [9.17, 15) is 18.0 Å². The van der Waals surface area contributed by atoms with Crippen LogP contribution in [-0.4, -0.2) is 41.7 Å². The summed E-state index contributed by atoms with van der Waals surface area (Å²) in [4.78, 5) is 12.5. The van der Waals surface area contributed by atoms with Crippen molar-refractivity contribution in [3.63, 3.8) is 0 Å². The normalized spacial score (nSPS) is 21.9. The Morgan fingerprint density at radius 2 is 2.10 bits per heavy atom. The lowest BCUT2D eigenvalue weighted by Gasteiger charge is -2.19. The van der Waals surface area contributed by atoms with E-state index in [0.29, 0.717) is 13.1 Å². The highest BCUT2D eigenvalue weighted by Crippen LogP contribution is 2.25. The summed E-state index contributed by atoms with van der Waals surface area (Å²) in [6.07, 6.45) is 1.57. The van der Waals surface area contributed by atoms with Crippen molar-refractivity contribution in [3.05, 3.63) is 47.8 Å². The van der Waals surface area contributed by atoms with Crippen LogP contribution in [0, 0.1) is 17.5 Å². The van der Waals surface area contributed by atoms with Crippen LogP contribution in [0.3, 0.4) is 0 Å². The van der Waals surface area contributed by atoms with Gasteiger partial charge in [-0.25, -0.2) is 13.2 Å². The average Bonchev–Trinajstić information content (AvgIpc) is 3.19. The summed E-state index contributed by atoms with van der Waals surface area (Å²) in [6, 6.07) is 0.738. The number of nitrogens with zero attached hydrogens (tertiary/aromatic N) is 1. The number of benzene rings is 1. The predicted octanol–water partition coefficient (Wildman–Crippen LogP) is 1.69. The van der Waals surface area contributed by atoms with E-state index in [4.69, 9.17) is 5.11 Å². The molecule has 1 aliphatic rings. The molecule has 4 nitrogen and oxygen atoms in total. The number of aliphatic carboxylic acids is 1. The zero-order valence-corrected chi connectivity index (χ0v) is 11.2. The van der Waals surface area contributed by atoms with Gasteiger partial charge in [0, 0.05) is 25.7 Å². The maximum atomic E-state index is 13.3. The molecule has 1 aromatic carbocycles. The van der Waals surface area contributed by atoms with Gasteiger partial charge in [-0.15, -0.1) is 6.58 Å². The lowest BCUT2D eigenvalue weighted by atomic mass is 10.1. The van der Waals surface area contributed by atoms with Gasteiger partial charge in [-0.1, -0.05) is 6.08 Å². The third-order valence-electron chi connectivity index (χ3n) is 3.33. The zero-order chi connectivity index (χ0) is 15.6. The third-order valence-corrected chi connectivity index (χ3v) is 3.33. The molecule has 0 aliphatic carbocycles. The zero-order valence-electron chi connectivity index (χ0n) is 11.2. The number of hydrogen-bond acceptors (Lipinski definition) is 3. The summed E-state index contributed by atoms with van der Waals surface area (Å²) >= 11 is 0. The van der Waals surface area contributed by atoms with Crippen LogP contribution < -0.4 is 5.32 Å². The van der Waals surface area contributed by atoms with Gasteiger partial charge < -0.3 is 10.4 Å². The second-order valence-corrected chi connectivity index (χ2v) is 4.86. The van der Waals surface area contributed by atoms with E-state index in [0.717, 1.165) is 12.1 Å². The molecule has 114 valence electrons. The summed E-state index contributed by atoms with van der Waals surface area (Å²) in [7, 11) is 0. The van der Waals surface area contributed by atoms with E-state index < -0.39 is 35.5 Å². The van der Waals surface area contributed by atoms with Crippen molar-refractivity contribution in [1.82, 2.24) is 10.2 Å². The fourth-order valence-corrected chi connectivity index (χ4v) is 2.14. The lowest BCUT2D eigenvalue weighted by Crippen LogP contribution is -2.29. The van der Waals surface area contributed by atoms with Gasteiger partial charge in [0.25, 0.3) is 0 Å². The number of rotatable bonds is 7. The van der Waals surface area contributed by atoms with Gasteiger partial charge in [0.15, 0.2) is 17.5 Å². The van der Waals surface area contributed by atoms with Crippen molar-refractivity contribution in [3.8, 4) is 0 Å². The Hall–Kier alpha value is -1.86. The molecule has 7 heteroatoms. The summed E-state index contributed by atoms with van der Waals surface area (Å²) in [5.41, 5.74) is 0.226. The molecule has 1 aliphatic heterocycles. The molecule has 1 fully saturated rings. The summed E-state index contributed by atoms with van der Waals surface area (Å²) in [5, 5.41) is 11.8. The summed E-state index contributed by atoms with van der Waals surface area (Å²) in [6.45, 7) is 4.55. The quantitative estimate of drug-likeness (QED) is 0.457. The number of carbonyl (C=O) groups is 1. The van der Waals surface area contributed by atoms with Gasteiger partial charge in [-0.2, -0.15) is 0 Å². The van der Waals surface area contributed by atoms with Crippen LogP contribution in [0.2, 0.25) is 0 Å². The molecule has 0 spiro atoms. The maximum absolute atomic E-state index is 13.3. The van der Waals surface area contributed by atoms with Crippen LogP contribution in [-0.2, 0) is 4.79 Å². The first-order valence-electron chi connectivity index (χ1n) is 6.39. The fourth-order valence-electron chi connectivity index (χ4n) is 2.14. The monoisotopic (exact) mass is 300 g/mol. The molecule has 2 N–H and O–H groups in total. The predicted molar refractivity (Wildman–Crippen MR) is 70.3 cm³/mol. The minimum Gasteiger partial charge on any atom is -0.480 e. The first-order valence-corrected chi connectivity index (χ1v) is 6.39. The molecule has 1 heterocycles. The Bertz CT molecular complexity index is 542. The topological polar surface area (TPSA) is 52.3 Å². The summed E-state index contributed by atoms with van der Waals surface area (Å²) < 4.78 is 39.6. The first kappa shape index (κ1) is 15.5. The standard InChI is InChI=1S/C14H15F3N2O2/c1-2-3-18-11(6-19-7-12(19)14(20)21)8-4-9(15)13(17)10(16)5-8/h2,4-5,11-12,18H,1,3,6-7H2,(H,20,21)/t11-,12?,19?/m0/s1. The van der Waals surface area contributed by atoms with Crippen LogP contribution in [0.1, 0.15) is 11.6 Å². The van der Waals surface area contributed by atoms with Gasteiger partial charge in [0.05, 0.1) is 0 Å². The van der Waals surface area contributed by atoms with E-state index in [2.05, 4.69) is 11.9 Å². The van der Waals surface area contributed by atoms with Crippen molar-refractivity contribution < 1.29 is 23.1 Å². The molecule has 0 aromatic heterocycles. The van der Waals surface area contributed by atoms with Gasteiger partial charge in [-0.05, 0) is 17.7 Å². The van der Waals surface area contributed by atoms with Crippen molar-refractivity contribution >= 4 is 5.97 Å². The molecule has 21 heavy (non-hydrogen) atoms. The van der Waals surface area contributed by atoms with Crippen LogP contribution in [0.25, 0.3) is 0 Å². The molecular weight excluding hydrogens is 285 g/mol. The van der Waals surface area contributed by atoms with E-state index >= 15 is 0 Å². The second kappa shape index (κ2) is 6.28. The molecule has 0 bridgehead atoms. The van der Waals surface area contributed by atoms with Gasteiger partial charge in [-0.3, -0.25) is 9.69 Å². The van der Waals surface area contributed by atoms with Crippen molar-refractivity contribution in [2.24, 2.45) is 0 Å². The smallest absolute Gasteiger partial charge is 0.322 e. The third kappa shape index (κ3) is 3.62. The molecule has 1 aromatic rings. The van der Waals surface area contributed by atoms with Crippen molar-refractivity contribution in [1.29, 1.82) is 0 Å². The fraction of sp³-hybridized carbons (Fsp3) is 0.357. The molecule has 0 saturated carbocycles. The highest BCUT2D eigenvalue weighted by molar-refractivity contribution is 5.76. The minimum atomic E-state index is -1.52. The molecule has 3 atom stereocenters.